The topological polar surface area (TPSA) is 49.8 Å². The smallest absolute Gasteiger partial charge is 0.162 e. The van der Waals surface area contributed by atoms with Crippen molar-refractivity contribution in [1.82, 2.24) is 4.90 Å². The van der Waals surface area contributed by atoms with Crippen molar-refractivity contribution in [1.29, 1.82) is 0 Å². The lowest BCUT2D eigenvalue weighted by molar-refractivity contribution is -0.0142. The van der Waals surface area contributed by atoms with Gasteiger partial charge in [-0.25, -0.2) is 0 Å². The van der Waals surface area contributed by atoms with Gasteiger partial charge >= 0.3 is 0 Å². The van der Waals surface area contributed by atoms with E-state index in [-0.39, 0.29) is 11.7 Å². The van der Waals surface area contributed by atoms with E-state index in [9.17, 15) is 9.90 Å². The lowest BCUT2D eigenvalue weighted by atomic mass is 9.72. The first-order chi connectivity index (χ1) is 17.1. The lowest BCUT2D eigenvalue weighted by Gasteiger charge is -2.42. The Morgan fingerprint density at radius 1 is 0.886 bits per heavy atom. The summed E-state index contributed by atoms with van der Waals surface area (Å²) in [5.74, 6) is 1.09. The number of likely N-dealkylation sites (tertiary alicyclic amines) is 1. The molecule has 3 aromatic rings. The van der Waals surface area contributed by atoms with Crippen LogP contribution in [0.5, 0.6) is 5.75 Å². The van der Waals surface area contributed by atoms with Crippen LogP contribution < -0.4 is 4.74 Å². The molecule has 0 bridgehead atoms. The van der Waals surface area contributed by atoms with Crippen LogP contribution in [0.15, 0.2) is 84.9 Å². The Balaban J connectivity index is 0.00000167. The highest BCUT2D eigenvalue weighted by molar-refractivity contribution is 5.96. The van der Waals surface area contributed by atoms with Gasteiger partial charge in [0.15, 0.2) is 5.78 Å². The molecule has 0 saturated carbocycles. The number of aliphatic hydroxyl groups is 1. The molecule has 0 unspecified atom stereocenters. The van der Waals surface area contributed by atoms with Gasteiger partial charge in [-0.1, -0.05) is 74.5 Å². The fourth-order valence-corrected chi connectivity index (χ4v) is 4.98. The van der Waals surface area contributed by atoms with E-state index in [0.29, 0.717) is 6.42 Å². The lowest BCUT2D eigenvalue weighted by Crippen LogP contribution is -2.44. The average molecular weight is 474 g/mol. The Bertz CT molecular complexity index is 971. The van der Waals surface area contributed by atoms with Crippen molar-refractivity contribution >= 4 is 5.78 Å². The number of ether oxygens (including phenoxy) is 1. The zero-order chi connectivity index (χ0) is 25.1. The summed E-state index contributed by atoms with van der Waals surface area (Å²) in [6, 6.07) is 27.4. The van der Waals surface area contributed by atoms with Crippen LogP contribution in [0.2, 0.25) is 0 Å². The number of methoxy groups -OCH3 is 1. The predicted molar refractivity (Wildman–Crippen MR) is 143 cm³/mol. The van der Waals surface area contributed by atoms with Gasteiger partial charge in [-0.15, -0.1) is 0 Å². The molecule has 1 fully saturated rings. The standard InChI is InChI=1S/C29H33NO3.C2H6/c1-33-27-16-14-23(15-17-27)28(31)13-8-20-30-21-18-26(19-22-30)29(32,24-9-4-2-5-10-24)25-11-6-3-7-12-25;1-2/h2-7,9-12,14-17,26,32H,8,13,18-22H2,1H3;1-2H3. The number of carbonyl (C=O) groups is 1. The number of piperidine rings is 1. The number of hydrogen-bond acceptors (Lipinski definition) is 4. The highest BCUT2D eigenvalue weighted by atomic mass is 16.5. The molecule has 1 aliphatic heterocycles. The Kier molecular flexibility index (Phi) is 10.1. The second kappa shape index (κ2) is 13.2. The molecule has 1 heterocycles. The zero-order valence-corrected chi connectivity index (χ0v) is 21.3. The van der Waals surface area contributed by atoms with Gasteiger partial charge in [0.05, 0.1) is 7.11 Å². The van der Waals surface area contributed by atoms with Gasteiger partial charge < -0.3 is 14.7 Å². The predicted octanol–water partition coefficient (Wildman–Crippen LogP) is 6.33. The number of hydrogen-bond donors (Lipinski definition) is 1. The van der Waals surface area contributed by atoms with Crippen LogP contribution in [0.4, 0.5) is 0 Å². The molecule has 1 saturated heterocycles. The second-order valence-corrected chi connectivity index (χ2v) is 8.87. The third-order valence-electron chi connectivity index (χ3n) is 6.90. The van der Waals surface area contributed by atoms with Gasteiger partial charge in [-0.2, -0.15) is 0 Å². The fourth-order valence-electron chi connectivity index (χ4n) is 4.98. The Morgan fingerprint density at radius 2 is 1.40 bits per heavy atom. The maximum absolute atomic E-state index is 12.5. The largest absolute Gasteiger partial charge is 0.497 e. The first-order valence-electron chi connectivity index (χ1n) is 12.8. The molecule has 1 aliphatic rings. The van der Waals surface area contributed by atoms with E-state index >= 15 is 0 Å². The number of ketones is 1. The molecule has 4 rings (SSSR count). The van der Waals surface area contributed by atoms with Crippen molar-refractivity contribution in [2.75, 3.05) is 26.7 Å². The summed E-state index contributed by atoms with van der Waals surface area (Å²) in [6.07, 6.45) is 3.24. The van der Waals surface area contributed by atoms with Crippen LogP contribution in [0, 0.1) is 5.92 Å². The molecule has 1 N–H and O–H groups in total. The molecular formula is C31H39NO3. The SMILES string of the molecule is CC.COc1ccc(C(=O)CCCN2CCC(C(O)(c3ccccc3)c3ccccc3)CC2)cc1. The minimum absolute atomic E-state index is 0.152. The summed E-state index contributed by atoms with van der Waals surface area (Å²) in [5, 5.41) is 12.0. The van der Waals surface area contributed by atoms with Crippen molar-refractivity contribution in [3.05, 3.63) is 102 Å². The van der Waals surface area contributed by atoms with Crippen LogP contribution in [0.25, 0.3) is 0 Å². The van der Waals surface area contributed by atoms with Crippen molar-refractivity contribution in [3.63, 3.8) is 0 Å². The van der Waals surface area contributed by atoms with E-state index in [1.807, 2.05) is 98.8 Å². The zero-order valence-electron chi connectivity index (χ0n) is 21.3. The minimum atomic E-state index is -0.987. The van der Waals surface area contributed by atoms with Gasteiger partial charge in [0, 0.05) is 12.0 Å². The molecule has 186 valence electrons. The molecule has 3 aromatic carbocycles. The normalized spacial score (nSPS) is 14.6. The number of benzene rings is 3. The summed E-state index contributed by atoms with van der Waals surface area (Å²) < 4.78 is 5.16. The van der Waals surface area contributed by atoms with Gasteiger partial charge in [0.25, 0.3) is 0 Å². The maximum Gasteiger partial charge on any atom is 0.162 e. The van der Waals surface area contributed by atoms with Crippen molar-refractivity contribution in [2.24, 2.45) is 5.92 Å². The summed E-state index contributed by atoms with van der Waals surface area (Å²) in [4.78, 5) is 14.9. The van der Waals surface area contributed by atoms with Gasteiger partial charge in [0.1, 0.15) is 11.4 Å². The highest BCUT2D eigenvalue weighted by Gasteiger charge is 2.41. The summed E-state index contributed by atoms with van der Waals surface area (Å²) in [6.45, 7) is 6.77. The van der Waals surface area contributed by atoms with E-state index in [4.69, 9.17) is 4.74 Å². The van der Waals surface area contributed by atoms with Crippen molar-refractivity contribution < 1.29 is 14.6 Å². The molecule has 4 heteroatoms. The first kappa shape index (κ1) is 26.7. The monoisotopic (exact) mass is 473 g/mol. The summed E-state index contributed by atoms with van der Waals surface area (Å²) in [7, 11) is 1.63. The van der Waals surface area contributed by atoms with E-state index in [2.05, 4.69) is 4.90 Å². The number of carbonyl (C=O) groups excluding carboxylic acids is 1. The molecule has 0 spiro atoms. The number of rotatable bonds is 9. The highest BCUT2D eigenvalue weighted by Crippen LogP contribution is 2.41. The van der Waals surface area contributed by atoms with E-state index < -0.39 is 5.60 Å². The molecule has 0 amide bonds. The molecule has 4 nitrogen and oxygen atoms in total. The third kappa shape index (κ3) is 6.59. The quantitative estimate of drug-likeness (QED) is 0.369. The van der Waals surface area contributed by atoms with Crippen LogP contribution in [0.1, 0.15) is 61.0 Å². The first-order valence-corrected chi connectivity index (χ1v) is 12.8. The maximum atomic E-state index is 12.5. The van der Waals surface area contributed by atoms with E-state index in [0.717, 1.165) is 61.3 Å². The van der Waals surface area contributed by atoms with Crippen molar-refractivity contribution in [2.45, 2.75) is 45.1 Å². The Morgan fingerprint density at radius 3 is 1.89 bits per heavy atom. The second-order valence-electron chi connectivity index (χ2n) is 8.87. The van der Waals surface area contributed by atoms with Gasteiger partial charge in [-0.05, 0) is 80.2 Å². The summed E-state index contributed by atoms with van der Waals surface area (Å²) >= 11 is 0. The summed E-state index contributed by atoms with van der Waals surface area (Å²) in [5.41, 5.74) is 1.67. The van der Waals surface area contributed by atoms with Gasteiger partial charge in [0.2, 0.25) is 0 Å². The third-order valence-corrected chi connectivity index (χ3v) is 6.90. The minimum Gasteiger partial charge on any atom is -0.497 e. The number of nitrogens with zero attached hydrogens (tertiary/aromatic N) is 1. The molecule has 0 aromatic heterocycles. The van der Waals surface area contributed by atoms with E-state index in [1.54, 1.807) is 7.11 Å². The molecule has 0 aliphatic carbocycles. The van der Waals surface area contributed by atoms with Gasteiger partial charge in [-0.3, -0.25) is 4.79 Å². The van der Waals surface area contributed by atoms with E-state index in [1.165, 1.54) is 0 Å². The van der Waals surface area contributed by atoms with Crippen molar-refractivity contribution in [3.8, 4) is 5.75 Å². The molecule has 0 atom stereocenters. The Labute approximate surface area is 210 Å². The molecular weight excluding hydrogens is 434 g/mol. The van der Waals surface area contributed by atoms with Crippen LogP contribution >= 0.6 is 0 Å². The fraction of sp³-hybridized carbons (Fsp3) is 0.387. The number of Topliss-reactive ketones (excluding diaryl/α,β-unsaturated/α-hetero) is 1. The molecule has 35 heavy (non-hydrogen) atoms. The van der Waals surface area contributed by atoms with Crippen LogP contribution in [-0.2, 0) is 5.60 Å². The van der Waals surface area contributed by atoms with Crippen LogP contribution in [0.3, 0.4) is 0 Å². The Hall–Kier alpha value is -2.95. The van der Waals surface area contributed by atoms with Crippen LogP contribution in [-0.4, -0.2) is 42.5 Å². The average Bonchev–Trinajstić information content (AvgIpc) is 2.95. The molecule has 0 radical (unpaired) electrons.